The van der Waals surface area contributed by atoms with Gasteiger partial charge >= 0.3 is 0 Å². The van der Waals surface area contributed by atoms with E-state index in [-0.39, 0.29) is 12.3 Å². The summed E-state index contributed by atoms with van der Waals surface area (Å²) >= 11 is 0. The molecule has 0 aliphatic carbocycles. The molecule has 2 aromatic rings. The summed E-state index contributed by atoms with van der Waals surface area (Å²) in [6, 6.07) is 7.72. The lowest BCUT2D eigenvalue weighted by Crippen LogP contribution is -2.11. The number of benzene rings is 1. The molecule has 2 N–H and O–H groups in total. The fraction of sp³-hybridized carbons (Fsp3) is 0.357. The number of carbonyl (C=O) groups is 1. The molecule has 6 heteroatoms. The Hall–Kier alpha value is -2.21. The van der Waals surface area contributed by atoms with E-state index in [0.29, 0.717) is 25.1 Å². The lowest BCUT2D eigenvalue weighted by molar-refractivity contribution is -0.119. The van der Waals surface area contributed by atoms with Gasteiger partial charge in [-0.1, -0.05) is 17.3 Å². The van der Waals surface area contributed by atoms with Crippen molar-refractivity contribution in [2.24, 2.45) is 5.73 Å². The molecule has 0 fully saturated rings. The normalized spacial score (nSPS) is 10.5. The Morgan fingerprint density at radius 3 is 2.70 bits per heavy atom. The summed E-state index contributed by atoms with van der Waals surface area (Å²) in [6.45, 7) is 0.573. The summed E-state index contributed by atoms with van der Waals surface area (Å²) in [4.78, 5) is 11.9. The van der Waals surface area contributed by atoms with Gasteiger partial charge in [0, 0.05) is 13.0 Å². The van der Waals surface area contributed by atoms with Gasteiger partial charge in [0.2, 0.25) is 0 Å². The molecule has 1 heterocycles. The van der Waals surface area contributed by atoms with Gasteiger partial charge in [-0.25, -0.2) is 4.68 Å². The van der Waals surface area contributed by atoms with Crippen LogP contribution in [-0.2, 0) is 24.3 Å². The highest BCUT2D eigenvalue weighted by molar-refractivity contribution is 5.78. The first-order chi connectivity index (χ1) is 9.71. The maximum atomic E-state index is 11.9. The first-order valence-electron chi connectivity index (χ1n) is 6.45. The zero-order chi connectivity index (χ0) is 14.4. The first kappa shape index (κ1) is 14.2. The van der Waals surface area contributed by atoms with Gasteiger partial charge in [-0.3, -0.25) is 4.79 Å². The van der Waals surface area contributed by atoms with E-state index in [1.165, 1.54) is 4.68 Å². The molecule has 0 bridgehead atoms. The number of nitrogens with zero attached hydrogens (tertiary/aromatic N) is 3. The van der Waals surface area contributed by atoms with E-state index in [4.69, 9.17) is 10.5 Å². The molecule has 0 atom stereocenters. The van der Waals surface area contributed by atoms with Crippen molar-refractivity contribution < 1.29 is 9.53 Å². The fourth-order valence-corrected chi connectivity index (χ4v) is 1.85. The molecule has 0 saturated carbocycles. The summed E-state index contributed by atoms with van der Waals surface area (Å²) in [5, 5.41) is 7.70. The van der Waals surface area contributed by atoms with Gasteiger partial charge in [-0.15, -0.1) is 5.10 Å². The lowest BCUT2D eigenvalue weighted by atomic mass is 10.1. The second-order valence-corrected chi connectivity index (χ2v) is 4.50. The van der Waals surface area contributed by atoms with Crippen LogP contribution in [0.15, 0.2) is 30.5 Å². The number of rotatable bonds is 7. The van der Waals surface area contributed by atoms with Crippen LogP contribution in [-0.4, -0.2) is 27.9 Å². The van der Waals surface area contributed by atoms with Crippen LogP contribution in [0, 0.1) is 0 Å². The molecule has 0 spiro atoms. The highest BCUT2D eigenvalue weighted by Gasteiger charge is 2.06. The molecule has 0 aliphatic heterocycles. The Morgan fingerprint density at radius 2 is 2.10 bits per heavy atom. The van der Waals surface area contributed by atoms with Crippen molar-refractivity contribution >= 4 is 5.78 Å². The van der Waals surface area contributed by atoms with Crippen molar-refractivity contribution in [1.82, 2.24) is 15.0 Å². The van der Waals surface area contributed by atoms with Crippen LogP contribution in [0.5, 0.6) is 5.75 Å². The van der Waals surface area contributed by atoms with E-state index in [1.54, 1.807) is 13.3 Å². The summed E-state index contributed by atoms with van der Waals surface area (Å²) in [6.07, 6.45) is 2.89. The number of methoxy groups -OCH3 is 1. The van der Waals surface area contributed by atoms with E-state index in [2.05, 4.69) is 10.3 Å². The van der Waals surface area contributed by atoms with E-state index in [0.717, 1.165) is 11.3 Å². The Bertz CT molecular complexity index is 563. The van der Waals surface area contributed by atoms with Crippen molar-refractivity contribution in [2.75, 3.05) is 7.11 Å². The topological polar surface area (TPSA) is 83.0 Å². The molecule has 0 saturated heterocycles. The van der Waals surface area contributed by atoms with Crippen LogP contribution in [0.4, 0.5) is 0 Å². The predicted molar refractivity (Wildman–Crippen MR) is 74.2 cm³/mol. The third kappa shape index (κ3) is 3.89. The molecule has 0 amide bonds. The molecule has 0 radical (unpaired) electrons. The maximum absolute atomic E-state index is 11.9. The number of hydrogen-bond acceptors (Lipinski definition) is 5. The minimum atomic E-state index is 0.120. The average Bonchev–Trinajstić information content (AvgIpc) is 2.93. The number of hydrogen-bond donors (Lipinski definition) is 1. The van der Waals surface area contributed by atoms with Crippen molar-refractivity contribution in [3.8, 4) is 5.75 Å². The van der Waals surface area contributed by atoms with E-state index >= 15 is 0 Å². The maximum Gasteiger partial charge on any atom is 0.154 e. The number of ketones is 1. The highest BCUT2D eigenvalue weighted by atomic mass is 16.5. The van der Waals surface area contributed by atoms with E-state index in [1.807, 2.05) is 24.3 Å². The van der Waals surface area contributed by atoms with Crippen molar-refractivity contribution in [3.05, 3.63) is 41.7 Å². The van der Waals surface area contributed by atoms with Gasteiger partial charge in [0.05, 0.1) is 19.0 Å². The largest absolute Gasteiger partial charge is 0.497 e. The Balaban J connectivity index is 1.82. The number of Topliss-reactive ketones (excluding diaryl/α,β-unsaturated/α-hetero) is 1. The SMILES string of the molecule is COc1ccc(CCC(=O)Cn2cc(CN)nn2)cc1. The zero-order valence-electron chi connectivity index (χ0n) is 11.5. The van der Waals surface area contributed by atoms with Gasteiger partial charge in [-0.05, 0) is 24.1 Å². The van der Waals surface area contributed by atoms with Gasteiger partial charge in [0.1, 0.15) is 12.3 Å². The lowest BCUT2D eigenvalue weighted by Gasteiger charge is -2.03. The minimum Gasteiger partial charge on any atom is -0.497 e. The molecule has 1 aromatic heterocycles. The second kappa shape index (κ2) is 6.81. The Labute approximate surface area is 117 Å². The average molecular weight is 274 g/mol. The van der Waals surface area contributed by atoms with Gasteiger partial charge in [0.15, 0.2) is 5.78 Å². The summed E-state index contributed by atoms with van der Waals surface area (Å²) in [5.41, 5.74) is 7.24. The third-order valence-corrected chi connectivity index (χ3v) is 2.99. The van der Waals surface area contributed by atoms with Crippen molar-refractivity contribution in [3.63, 3.8) is 0 Å². The molecule has 20 heavy (non-hydrogen) atoms. The molecule has 6 nitrogen and oxygen atoms in total. The van der Waals surface area contributed by atoms with Crippen LogP contribution in [0.1, 0.15) is 17.7 Å². The predicted octanol–water partition coefficient (Wildman–Crippen LogP) is 0.947. The summed E-state index contributed by atoms with van der Waals surface area (Å²) in [5.74, 6) is 0.936. The van der Waals surface area contributed by atoms with Crippen LogP contribution in [0.2, 0.25) is 0 Å². The molecule has 1 aromatic carbocycles. The third-order valence-electron chi connectivity index (χ3n) is 2.99. The zero-order valence-corrected chi connectivity index (χ0v) is 11.5. The summed E-state index contributed by atoms with van der Waals surface area (Å²) in [7, 11) is 1.63. The fourth-order valence-electron chi connectivity index (χ4n) is 1.85. The van der Waals surface area contributed by atoms with Crippen LogP contribution >= 0.6 is 0 Å². The smallest absolute Gasteiger partial charge is 0.154 e. The van der Waals surface area contributed by atoms with Gasteiger partial charge in [0.25, 0.3) is 0 Å². The molecule has 106 valence electrons. The molecular weight excluding hydrogens is 256 g/mol. The first-order valence-corrected chi connectivity index (χ1v) is 6.45. The van der Waals surface area contributed by atoms with Crippen LogP contribution in [0.3, 0.4) is 0 Å². The standard InChI is InChI=1S/C14H18N4O2/c1-20-14-6-3-11(4-7-14)2-5-13(19)10-18-9-12(8-15)16-17-18/h3-4,6-7,9H,2,5,8,10,15H2,1H3. The number of nitrogens with two attached hydrogens (primary N) is 1. The van der Waals surface area contributed by atoms with E-state index < -0.39 is 0 Å². The number of ether oxygens (including phenoxy) is 1. The van der Waals surface area contributed by atoms with Crippen molar-refractivity contribution in [2.45, 2.75) is 25.9 Å². The number of carbonyl (C=O) groups excluding carboxylic acids is 1. The summed E-state index contributed by atoms with van der Waals surface area (Å²) < 4.78 is 6.62. The Morgan fingerprint density at radius 1 is 1.35 bits per heavy atom. The Kier molecular flexibility index (Phi) is 4.84. The quantitative estimate of drug-likeness (QED) is 0.812. The van der Waals surface area contributed by atoms with Gasteiger partial charge in [-0.2, -0.15) is 0 Å². The van der Waals surface area contributed by atoms with Gasteiger partial charge < -0.3 is 10.5 Å². The molecule has 2 rings (SSSR count). The minimum absolute atomic E-state index is 0.120. The van der Waals surface area contributed by atoms with E-state index in [9.17, 15) is 4.79 Å². The van der Waals surface area contributed by atoms with Crippen LogP contribution < -0.4 is 10.5 Å². The molecule has 0 aliphatic rings. The second-order valence-electron chi connectivity index (χ2n) is 4.50. The number of aryl methyl sites for hydroxylation is 1. The number of aromatic nitrogens is 3. The monoisotopic (exact) mass is 274 g/mol. The van der Waals surface area contributed by atoms with Crippen LogP contribution in [0.25, 0.3) is 0 Å². The molecule has 0 unspecified atom stereocenters. The van der Waals surface area contributed by atoms with Crippen molar-refractivity contribution in [1.29, 1.82) is 0 Å². The molecular formula is C14H18N4O2. The highest BCUT2D eigenvalue weighted by Crippen LogP contribution is 2.12.